The predicted octanol–water partition coefficient (Wildman–Crippen LogP) is 6.62. The van der Waals surface area contributed by atoms with E-state index in [9.17, 15) is 10.1 Å². The number of hydrogen-bond acceptors (Lipinski definition) is 8. The van der Waals surface area contributed by atoms with Gasteiger partial charge in [-0.25, -0.2) is 5.06 Å². The Labute approximate surface area is 269 Å². The molecule has 0 radical (unpaired) electrons. The van der Waals surface area contributed by atoms with Gasteiger partial charge in [-0.15, -0.1) is 0 Å². The number of benzene rings is 1. The molecule has 1 aliphatic carbocycles. The zero-order chi connectivity index (χ0) is 33.7. The van der Waals surface area contributed by atoms with Gasteiger partial charge in [0, 0.05) is 0 Å². The fraction of sp³-hybridized carbons (Fsp3) is 0.710. The number of Topliss-reactive ketones (excluding diaryl/α,β-unsaturated/α-hetero) is 1. The van der Waals surface area contributed by atoms with Crippen molar-refractivity contribution in [1.82, 2.24) is 5.06 Å². The van der Waals surface area contributed by atoms with Crippen LogP contribution in [-0.4, -0.2) is 79.5 Å². The van der Waals surface area contributed by atoms with Gasteiger partial charge >= 0.3 is 0 Å². The molecular weight excluding hydrogens is 625 g/mol. The summed E-state index contributed by atoms with van der Waals surface area (Å²) in [5.41, 5.74) is -2.49. The van der Waals surface area contributed by atoms with E-state index < -0.39 is 68.5 Å². The fourth-order valence-electron chi connectivity index (χ4n) is 5.44. The Morgan fingerprint density at radius 1 is 0.841 bits per heavy atom. The number of hydrogen-bond donors (Lipinski definition) is 0. The predicted molar refractivity (Wildman–Crippen MR) is 182 cm³/mol. The molecule has 1 aromatic rings. The third-order valence-electron chi connectivity index (χ3n) is 8.26. The zero-order valence-corrected chi connectivity index (χ0v) is 33.3. The molecule has 1 heterocycles. The first kappa shape index (κ1) is 37.0. The molecule has 0 aromatic heterocycles. The summed E-state index contributed by atoms with van der Waals surface area (Å²) in [4.78, 5) is 34.9. The van der Waals surface area contributed by atoms with Crippen molar-refractivity contribution in [2.24, 2.45) is 0 Å². The van der Waals surface area contributed by atoms with Crippen LogP contribution in [0.5, 0.6) is 0 Å². The van der Waals surface area contributed by atoms with Crippen molar-refractivity contribution in [3.63, 3.8) is 0 Å². The van der Waals surface area contributed by atoms with E-state index in [1.807, 2.05) is 89.3 Å². The molecule has 246 valence electrons. The molecule has 1 amide bonds. The summed E-state index contributed by atoms with van der Waals surface area (Å²) in [6, 6.07) is 12.0. The van der Waals surface area contributed by atoms with Crippen molar-refractivity contribution in [3.05, 3.63) is 35.9 Å². The zero-order valence-electron chi connectivity index (χ0n) is 29.3. The van der Waals surface area contributed by atoms with Crippen molar-refractivity contribution >= 4 is 45.0 Å². The Kier molecular flexibility index (Phi) is 10.3. The molecule has 1 spiro atoms. The van der Waals surface area contributed by atoms with Gasteiger partial charge in [0.25, 0.3) is 0 Å². The van der Waals surface area contributed by atoms with Crippen molar-refractivity contribution in [2.45, 2.75) is 140 Å². The van der Waals surface area contributed by atoms with Gasteiger partial charge < -0.3 is 17.7 Å². The van der Waals surface area contributed by atoms with Crippen molar-refractivity contribution < 1.29 is 32.1 Å². The van der Waals surface area contributed by atoms with Gasteiger partial charge in [0.1, 0.15) is 24.9 Å². The van der Waals surface area contributed by atoms with Gasteiger partial charge in [-0.3, -0.25) is 14.4 Å². The van der Waals surface area contributed by atoms with Crippen LogP contribution in [0.15, 0.2) is 30.3 Å². The van der Waals surface area contributed by atoms with Crippen molar-refractivity contribution in [2.75, 3.05) is 0 Å². The third-order valence-corrected chi connectivity index (χ3v) is 15.6. The summed E-state index contributed by atoms with van der Waals surface area (Å²) in [5.74, 6) is -0.750. The van der Waals surface area contributed by atoms with E-state index in [1.165, 1.54) is 5.06 Å². The minimum atomic E-state index is -2.69. The second kappa shape index (κ2) is 12.3. The first-order chi connectivity index (χ1) is 19.8. The highest BCUT2D eigenvalue weighted by Gasteiger charge is 2.77. The molecule has 0 N–H and O–H groups in total. The van der Waals surface area contributed by atoms with Gasteiger partial charge in [-0.1, -0.05) is 51.1 Å². The van der Waals surface area contributed by atoms with Gasteiger partial charge in [0.05, 0.1) is 6.42 Å². The monoisotopic (exact) mass is 678 g/mol. The summed E-state index contributed by atoms with van der Waals surface area (Å²) in [5, 5.41) is 12.1. The van der Waals surface area contributed by atoms with Crippen molar-refractivity contribution in [1.29, 1.82) is 5.26 Å². The molecule has 13 heteroatoms. The average Bonchev–Trinajstić information content (AvgIpc) is 2.83. The topological polar surface area (TPSA) is 107 Å². The Balaban J connectivity index is 2.35. The Morgan fingerprint density at radius 2 is 1.36 bits per heavy atom. The lowest BCUT2D eigenvalue weighted by Gasteiger charge is -2.63. The van der Waals surface area contributed by atoms with Crippen LogP contribution in [0.1, 0.15) is 32.8 Å². The third kappa shape index (κ3) is 7.55. The summed E-state index contributed by atoms with van der Waals surface area (Å²) in [6.07, 6.45) is -3.47. The number of ketones is 1. The van der Waals surface area contributed by atoms with Crippen LogP contribution >= 0.6 is 0 Å². The maximum atomic E-state index is 15.3. The summed E-state index contributed by atoms with van der Waals surface area (Å²) >= 11 is 0. The molecule has 44 heavy (non-hydrogen) atoms. The normalized spacial score (nSPS) is 28.7. The Hall–Kier alpha value is -1.48. The number of nitrogens with zero attached hydrogens (tertiary/aromatic N) is 2. The number of hydroxylamine groups is 2. The first-order valence-corrected chi connectivity index (χ1v) is 28.6. The highest BCUT2D eigenvalue weighted by Crippen LogP contribution is 2.53. The molecule has 0 bridgehead atoms. The van der Waals surface area contributed by atoms with E-state index in [0.717, 1.165) is 5.56 Å². The highest BCUT2D eigenvalue weighted by molar-refractivity contribution is 6.74. The van der Waals surface area contributed by atoms with Crippen LogP contribution in [-0.2, 0) is 38.7 Å². The minimum absolute atomic E-state index is 0.0867. The molecule has 2 aliphatic rings. The molecule has 1 saturated carbocycles. The molecule has 9 nitrogen and oxygen atoms in total. The number of nitriles is 1. The molecule has 1 saturated heterocycles. The Morgan fingerprint density at radius 3 is 1.80 bits per heavy atom. The molecule has 2 fully saturated rings. The molecule has 1 unspecified atom stereocenters. The Bertz CT molecular complexity index is 1260. The summed E-state index contributed by atoms with van der Waals surface area (Å²) in [7, 11) is -10.1. The molecular formula is C31H54N2O7Si4. The van der Waals surface area contributed by atoms with E-state index in [4.69, 9.17) is 22.5 Å². The smallest absolute Gasteiger partial charge is 0.250 e. The van der Waals surface area contributed by atoms with E-state index in [0.29, 0.717) is 0 Å². The van der Waals surface area contributed by atoms with Crippen LogP contribution in [0.4, 0.5) is 0 Å². The number of carbonyl (C=O) groups is 2. The highest BCUT2D eigenvalue weighted by atomic mass is 28.4. The number of β-lactam (4-membered cyclic amide) rings is 1. The van der Waals surface area contributed by atoms with Crippen LogP contribution < -0.4 is 0 Å². The molecule has 5 atom stereocenters. The van der Waals surface area contributed by atoms with Crippen LogP contribution in [0, 0.1) is 11.3 Å². The first-order valence-electron chi connectivity index (χ1n) is 15.5. The van der Waals surface area contributed by atoms with E-state index in [1.54, 1.807) is 0 Å². The maximum Gasteiger partial charge on any atom is 0.250 e. The molecule has 3 rings (SSSR count). The van der Waals surface area contributed by atoms with Crippen LogP contribution in [0.25, 0.3) is 0 Å². The second-order valence-corrected chi connectivity index (χ2v) is 34.7. The lowest BCUT2D eigenvalue weighted by molar-refractivity contribution is -0.295. The number of rotatable bonds is 11. The van der Waals surface area contributed by atoms with Gasteiger partial charge in [-0.2, -0.15) is 5.26 Å². The number of carbonyl (C=O) groups excluding carboxylic acids is 2. The standard InChI is InChI=1S/C31H54N2O7Si4/c1-29(2,3)44(13,14)39-26-25(35)30(20-24(34)33(30)36-21-23-18-16-15-17-19-23)27(37-41(4,5)6)28(38-42(7,8)9)31(26,22-32)40-43(10,11)12/h15-19,26-28H,20-21H2,1-14H3/t26?,27-,28+,30-,31+/m1/s1. The van der Waals surface area contributed by atoms with Gasteiger partial charge in [-0.05, 0) is 82.6 Å². The van der Waals surface area contributed by atoms with Gasteiger partial charge in [0.2, 0.25) is 11.5 Å². The molecule has 1 aromatic carbocycles. The average molecular weight is 679 g/mol. The summed E-state index contributed by atoms with van der Waals surface area (Å²) < 4.78 is 27.7. The van der Waals surface area contributed by atoms with Crippen LogP contribution in [0.3, 0.4) is 0 Å². The van der Waals surface area contributed by atoms with E-state index in [-0.39, 0.29) is 24.0 Å². The van der Waals surface area contributed by atoms with Crippen molar-refractivity contribution in [3.8, 4) is 6.07 Å². The van der Waals surface area contributed by atoms with Gasteiger partial charge in [0.15, 0.2) is 50.7 Å². The lowest BCUT2D eigenvalue weighted by Crippen LogP contribution is -2.86. The maximum absolute atomic E-state index is 15.3. The lowest BCUT2D eigenvalue weighted by atomic mass is 9.63. The SMILES string of the molecule is CC(C)(C)[Si](C)(C)OC1C(=O)[C@]2(CC(=O)N2OCc2ccccc2)[C@H](O[Si](C)(C)C)[C@H](O[Si](C)(C)C)[C@@]1(C#N)O[Si](C)(C)C. The van der Waals surface area contributed by atoms with Crippen LogP contribution in [0.2, 0.25) is 77.1 Å². The minimum Gasteiger partial charge on any atom is -0.409 e. The van der Waals surface area contributed by atoms with E-state index in [2.05, 4.69) is 39.9 Å². The largest absolute Gasteiger partial charge is 0.409 e. The fourth-order valence-corrected chi connectivity index (χ4v) is 10.1. The van der Waals surface area contributed by atoms with E-state index >= 15 is 4.79 Å². The molecule has 1 aliphatic heterocycles. The quantitative estimate of drug-likeness (QED) is 0.190. The second-order valence-electron chi connectivity index (χ2n) is 16.6. The summed E-state index contributed by atoms with van der Waals surface area (Å²) in [6.45, 7) is 28.6. The number of amides is 1.